The maximum absolute atomic E-state index is 12.3. The largest absolute Gasteiger partial charge is 0.345 e. The molecular weight excluding hydrogens is 282 g/mol. The predicted octanol–water partition coefficient (Wildman–Crippen LogP) is 1.60. The second kappa shape index (κ2) is 5.23. The van der Waals surface area contributed by atoms with Gasteiger partial charge in [-0.3, -0.25) is 4.79 Å². The van der Waals surface area contributed by atoms with E-state index < -0.39 is 0 Å². The Bertz CT molecular complexity index is 416. The SMILES string of the molecule is Cn1cc(Br)cc1C(=O)N1CCCC(CN)C1. The molecule has 4 nitrogen and oxygen atoms in total. The Labute approximate surface area is 110 Å². The molecule has 0 aliphatic carbocycles. The maximum Gasteiger partial charge on any atom is 0.270 e. The molecule has 0 aromatic carbocycles. The van der Waals surface area contributed by atoms with Crippen molar-refractivity contribution in [3.63, 3.8) is 0 Å². The van der Waals surface area contributed by atoms with Gasteiger partial charge in [-0.1, -0.05) is 0 Å². The van der Waals surface area contributed by atoms with Crippen LogP contribution in [0.15, 0.2) is 16.7 Å². The summed E-state index contributed by atoms with van der Waals surface area (Å²) in [6.45, 7) is 2.30. The molecule has 0 saturated carbocycles. The lowest BCUT2D eigenvalue weighted by Gasteiger charge is -2.32. The molecule has 2 N–H and O–H groups in total. The highest BCUT2D eigenvalue weighted by atomic mass is 79.9. The Balaban J connectivity index is 2.12. The number of hydrogen-bond donors (Lipinski definition) is 1. The molecule has 17 heavy (non-hydrogen) atoms. The highest BCUT2D eigenvalue weighted by Gasteiger charge is 2.25. The van der Waals surface area contributed by atoms with Crippen LogP contribution in [0.25, 0.3) is 0 Å². The summed E-state index contributed by atoms with van der Waals surface area (Å²) in [5, 5.41) is 0. The number of halogens is 1. The first kappa shape index (κ1) is 12.6. The zero-order valence-corrected chi connectivity index (χ0v) is 11.6. The average molecular weight is 300 g/mol. The molecular formula is C12H18BrN3O. The molecule has 0 bridgehead atoms. The number of carbonyl (C=O) groups is 1. The molecule has 1 aliphatic rings. The van der Waals surface area contributed by atoms with Crippen molar-refractivity contribution >= 4 is 21.8 Å². The van der Waals surface area contributed by atoms with E-state index in [1.165, 1.54) is 0 Å². The maximum atomic E-state index is 12.3. The average Bonchev–Trinajstić information content (AvgIpc) is 2.67. The van der Waals surface area contributed by atoms with Crippen molar-refractivity contribution in [2.45, 2.75) is 12.8 Å². The minimum absolute atomic E-state index is 0.108. The molecule has 1 amide bonds. The van der Waals surface area contributed by atoms with Gasteiger partial charge < -0.3 is 15.2 Å². The van der Waals surface area contributed by atoms with Crippen molar-refractivity contribution in [3.05, 3.63) is 22.4 Å². The molecule has 1 fully saturated rings. The third kappa shape index (κ3) is 2.72. The summed E-state index contributed by atoms with van der Waals surface area (Å²) in [5.74, 6) is 0.563. The summed E-state index contributed by atoms with van der Waals surface area (Å²) in [4.78, 5) is 14.3. The predicted molar refractivity (Wildman–Crippen MR) is 70.8 cm³/mol. The second-order valence-electron chi connectivity index (χ2n) is 4.65. The summed E-state index contributed by atoms with van der Waals surface area (Å²) < 4.78 is 2.80. The molecule has 2 heterocycles. The lowest BCUT2D eigenvalue weighted by Crippen LogP contribution is -2.42. The number of nitrogens with two attached hydrogens (primary N) is 1. The third-order valence-corrected chi connectivity index (χ3v) is 3.76. The van der Waals surface area contributed by atoms with Gasteiger partial charge in [0.1, 0.15) is 5.69 Å². The first-order chi connectivity index (χ1) is 8.11. The lowest BCUT2D eigenvalue weighted by atomic mass is 9.98. The molecule has 0 radical (unpaired) electrons. The first-order valence-electron chi connectivity index (χ1n) is 5.93. The van der Waals surface area contributed by atoms with Crippen molar-refractivity contribution in [3.8, 4) is 0 Å². The Hall–Kier alpha value is -0.810. The number of amides is 1. The number of aromatic nitrogens is 1. The smallest absolute Gasteiger partial charge is 0.270 e. The fourth-order valence-corrected chi connectivity index (χ4v) is 2.86. The standard InChI is InChI=1S/C12H18BrN3O/c1-15-8-10(13)5-11(15)12(17)16-4-2-3-9(6-14)7-16/h5,8-9H,2-4,6-7,14H2,1H3. The number of rotatable bonds is 2. The van der Waals surface area contributed by atoms with E-state index in [9.17, 15) is 4.79 Å². The van der Waals surface area contributed by atoms with E-state index in [0.717, 1.165) is 36.1 Å². The van der Waals surface area contributed by atoms with E-state index in [1.807, 2.05) is 28.8 Å². The molecule has 2 rings (SSSR count). The zero-order chi connectivity index (χ0) is 12.4. The molecule has 5 heteroatoms. The Morgan fingerprint density at radius 2 is 2.41 bits per heavy atom. The van der Waals surface area contributed by atoms with Crippen LogP contribution in [0.3, 0.4) is 0 Å². The molecule has 1 saturated heterocycles. The molecule has 1 aliphatic heterocycles. The van der Waals surface area contributed by atoms with E-state index in [2.05, 4.69) is 15.9 Å². The van der Waals surface area contributed by atoms with Crippen molar-refractivity contribution < 1.29 is 4.79 Å². The van der Waals surface area contributed by atoms with Gasteiger partial charge in [-0.2, -0.15) is 0 Å². The minimum Gasteiger partial charge on any atom is -0.345 e. The van der Waals surface area contributed by atoms with Gasteiger partial charge >= 0.3 is 0 Å². The summed E-state index contributed by atoms with van der Waals surface area (Å²) >= 11 is 3.39. The Morgan fingerprint density at radius 3 is 3.00 bits per heavy atom. The number of nitrogens with zero attached hydrogens (tertiary/aromatic N) is 2. The van der Waals surface area contributed by atoms with Gasteiger partial charge in [0.25, 0.3) is 5.91 Å². The van der Waals surface area contributed by atoms with E-state index >= 15 is 0 Å². The van der Waals surface area contributed by atoms with Crippen LogP contribution >= 0.6 is 15.9 Å². The van der Waals surface area contributed by atoms with Crippen molar-refractivity contribution in [2.75, 3.05) is 19.6 Å². The molecule has 1 aromatic heterocycles. The van der Waals surface area contributed by atoms with Gasteiger partial charge in [-0.15, -0.1) is 0 Å². The highest BCUT2D eigenvalue weighted by molar-refractivity contribution is 9.10. The minimum atomic E-state index is 0.108. The van der Waals surface area contributed by atoms with Crippen LogP contribution in [0.5, 0.6) is 0 Å². The van der Waals surface area contributed by atoms with Gasteiger partial charge in [0, 0.05) is 30.8 Å². The van der Waals surface area contributed by atoms with Crippen LogP contribution in [0.4, 0.5) is 0 Å². The van der Waals surface area contributed by atoms with Gasteiger partial charge in [-0.25, -0.2) is 0 Å². The van der Waals surface area contributed by atoms with Crippen LogP contribution in [0, 0.1) is 5.92 Å². The third-order valence-electron chi connectivity index (χ3n) is 3.33. The van der Waals surface area contributed by atoms with Gasteiger partial charge in [0.15, 0.2) is 0 Å². The normalized spacial score (nSPS) is 20.6. The van der Waals surface area contributed by atoms with Crippen molar-refractivity contribution in [1.82, 2.24) is 9.47 Å². The van der Waals surface area contributed by atoms with E-state index in [4.69, 9.17) is 5.73 Å². The zero-order valence-electron chi connectivity index (χ0n) is 10.0. The summed E-state index contributed by atoms with van der Waals surface area (Å²) in [5.41, 5.74) is 6.42. The Morgan fingerprint density at radius 1 is 1.65 bits per heavy atom. The lowest BCUT2D eigenvalue weighted by molar-refractivity contribution is 0.0668. The van der Waals surface area contributed by atoms with Crippen LogP contribution in [-0.2, 0) is 7.05 Å². The Kier molecular flexibility index (Phi) is 3.89. The molecule has 1 atom stereocenters. The van der Waals surface area contributed by atoms with Crippen molar-refractivity contribution in [1.29, 1.82) is 0 Å². The fraction of sp³-hybridized carbons (Fsp3) is 0.583. The molecule has 94 valence electrons. The van der Waals surface area contributed by atoms with Crippen LogP contribution < -0.4 is 5.73 Å². The second-order valence-corrected chi connectivity index (χ2v) is 5.57. The number of aryl methyl sites for hydroxylation is 1. The molecule has 0 spiro atoms. The van der Waals surface area contributed by atoms with Crippen molar-refractivity contribution in [2.24, 2.45) is 18.7 Å². The monoisotopic (exact) mass is 299 g/mol. The number of likely N-dealkylation sites (tertiary alicyclic amines) is 1. The fourth-order valence-electron chi connectivity index (χ4n) is 2.34. The highest BCUT2D eigenvalue weighted by Crippen LogP contribution is 2.20. The van der Waals surface area contributed by atoms with E-state index in [-0.39, 0.29) is 5.91 Å². The molecule has 1 unspecified atom stereocenters. The van der Waals surface area contributed by atoms with Gasteiger partial charge in [0.2, 0.25) is 0 Å². The van der Waals surface area contributed by atoms with Crippen LogP contribution in [0.1, 0.15) is 23.3 Å². The van der Waals surface area contributed by atoms with Crippen LogP contribution in [-0.4, -0.2) is 35.0 Å². The number of piperidine rings is 1. The summed E-state index contributed by atoms with van der Waals surface area (Å²) in [7, 11) is 1.89. The van der Waals surface area contributed by atoms with Gasteiger partial charge in [-0.05, 0) is 47.3 Å². The quantitative estimate of drug-likeness (QED) is 0.902. The van der Waals surface area contributed by atoms with E-state index in [1.54, 1.807) is 0 Å². The topological polar surface area (TPSA) is 51.3 Å². The summed E-state index contributed by atoms with van der Waals surface area (Å²) in [6.07, 6.45) is 4.09. The number of carbonyl (C=O) groups excluding carboxylic acids is 1. The van der Waals surface area contributed by atoms with Crippen LogP contribution in [0.2, 0.25) is 0 Å². The molecule has 1 aromatic rings. The summed E-state index contributed by atoms with van der Waals surface area (Å²) in [6, 6.07) is 1.87. The first-order valence-corrected chi connectivity index (χ1v) is 6.72. The number of hydrogen-bond acceptors (Lipinski definition) is 2. The van der Waals surface area contributed by atoms with E-state index in [0.29, 0.717) is 12.5 Å². The van der Waals surface area contributed by atoms with Gasteiger partial charge in [0.05, 0.1) is 0 Å².